The van der Waals surface area contributed by atoms with E-state index in [1.807, 2.05) is 24.3 Å². The average molecular weight is 623 g/mol. The van der Waals surface area contributed by atoms with Gasteiger partial charge in [0.1, 0.15) is 23.0 Å². The second-order valence-electron chi connectivity index (χ2n) is 6.32. The molecule has 0 aliphatic heterocycles. The van der Waals surface area contributed by atoms with E-state index in [2.05, 4.69) is 19.9 Å². The molecule has 4 aromatic rings. The monoisotopic (exact) mass is 624 g/mol. The summed E-state index contributed by atoms with van der Waals surface area (Å²) >= 11 is 0. The number of rotatable bonds is 6. The first-order valence-corrected chi connectivity index (χ1v) is 9.67. The van der Waals surface area contributed by atoms with Crippen molar-refractivity contribution in [3.63, 3.8) is 0 Å². The topological polar surface area (TPSA) is 88.5 Å². The van der Waals surface area contributed by atoms with Gasteiger partial charge in [-0.2, -0.15) is 0 Å². The Bertz CT molecular complexity index is 978. The third-order valence-corrected chi connectivity index (χ3v) is 4.39. The maximum Gasteiger partial charge on any atom is 0.122 e. The number of hydrogen-bond acceptors (Lipinski definition) is 8. The summed E-state index contributed by atoms with van der Waals surface area (Å²) < 4.78 is 20.5. The summed E-state index contributed by atoms with van der Waals surface area (Å²) in [5.74, 6) is 3.04. The first-order valence-electron chi connectivity index (χ1n) is 9.67. The van der Waals surface area contributed by atoms with Crippen LogP contribution in [0.25, 0.3) is 22.8 Å². The second-order valence-corrected chi connectivity index (χ2v) is 6.32. The van der Waals surface area contributed by atoms with Crippen molar-refractivity contribution in [3.05, 3.63) is 73.3 Å². The minimum Gasteiger partial charge on any atom is -0.497 e. The quantitative estimate of drug-likeness (QED) is 0.314. The van der Waals surface area contributed by atoms with Crippen LogP contribution in [0, 0.1) is 0 Å². The van der Waals surface area contributed by atoms with Crippen molar-refractivity contribution in [1.29, 1.82) is 0 Å². The van der Waals surface area contributed by atoms with E-state index >= 15 is 0 Å². The summed E-state index contributed by atoms with van der Waals surface area (Å²) in [4.78, 5) is 16.9. The zero-order valence-electron chi connectivity index (χ0n) is 18.7. The van der Waals surface area contributed by atoms with Gasteiger partial charge in [-0.3, -0.25) is 19.9 Å². The SMILES string of the molecule is COc1ccnc(-c2cc(OC)ccn2)c1.COc1ccnc(-c2cc(OC)ccn2)c1.[Os]. The summed E-state index contributed by atoms with van der Waals surface area (Å²) in [7, 11) is 6.49. The first-order chi connectivity index (χ1) is 15.7. The molecule has 0 saturated carbocycles. The molecule has 0 atom stereocenters. The standard InChI is InChI=1S/2C12H12N2O2.Os/c2*1-15-9-3-5-13-11(7-9)12-8-10(16-2)4-6-14-12;/h2*3-8H,1-2H3;. The van der Waals surface area contributed by atoms with Crippen molar-refractivity contribution in [3.8, 4) is 45.8 Å². The Hall–Kier alpha value is -3.56. The number of nitrogens with zero attached hydrogens (tertiary/aromatic N) is 4. The van der Waals surface area contributed by atoms with Crippen molar-refractivity contribution < 1.29 is 38.7 Å². The van der Waals surface area contributed by atoms with Crippen LogP contribution in [0.15, 0.2) is 73.3 Å². The molecule has 172 valence electrons. The fourth-order valence-corrected chi connectivity index (χ4v) is 2.71. The van der Waals surface area contributed by atoms with Crippen LogP contribution in [-0.4, -0.2) is 48.4 Å². The van der Waals surface area contributed by atoms with E-state index in [-0.39, 0.29) is 19.8 Å². The van der Waals surface area contributed by atoms with Gasteiger partial charge < -0.3 is 18.9 Å². The molecule has 0 amide bonds. The van der Waals surface area contributed by atoms with Crippen LogP contribution < -0.4 is 18.9 Å². The molecular weight excluding hydrogens is 599 g/mol. The van der Waals surface area contributed by atoms with Crippen LogP contribution in [0.4, 0.5) is 0 Å². The third kappa shape index (κ3) is 7.23. The van der Waals surface area contributed by atoms with Gasteiger partial charge in [0.15, 0.2) is 0 Å². The van der Waals surface area contributed by atoms with Gasteiger partial charge in [-0.25, -0.2) is 0 Å². The van der Waals surface area contributed by atoms with Crippen molar-refractivity contribution in [1.82, 2.24) is 19.9 Å². The number of hydrogen-bond donors (Lipinski definition) is 0. The van der Waals surface area contributed by atoms with E-state index < -0.39 is 0 Å². The zero-order chi connectivity index (χ0) is 22.8. The number of aromatic nitrogens is 4. The van der Waals surface area contributed by atoms with Crippen molar-refractivity contribution in [2.45, 2.75) is 0 Å². The molecular formula is C24H24N4O4Os. The molecule has 0 saturated heterocycles. The van der Waals surface area contributed by atoms with Crippen LogP contribution in [0.1, 0.15) is 0 Å². The molecule has 8 nitrogen and oxygen atoms in total. The Labute approximate surface area is 206 Å². The smallest absolute Gasteiger partial charge is 0.122 e. The van der Waals surface area contributed by atoms with E-state index in [1.54, 1.807) is 77.5 Å². The largest absolute Gasteiger partial charge is 0.497 e. The van der Waals surface area contributed by atoms with E-state index in [0.29, 0.717) is 0 Å². The summed E-state index contributed by atoms with van der Waals surface area (Å²) in [5, 5.41) is 0. The van der Waals surface area contributed by atoms with Crippen LogP contribution in [0.5, 0.6) is 23.0 Å². The Morgan fingerprint density at radius 2 is 0.636 bits per heavy atom. The van der Waals surface area contributed by atoms with Gasteiger partial charge >= 0.3 is 0 Å². The Kier molecular flexibility index (Phi) is 10.2. The summed E-state index contributed by atoms with van der Waals surface area (Å²) in [5.41, 5.74) is 3.05. The van der Waals surface area contributed by atoms with Crippen LogP contribution in [0.2, 0.25) is 0 Å². The van der Waals surface area contributed by atoms with Crippen molar-refractivity contribution in [2.75, 3.05) is 28.4 Å². The molecule has 0 spiro atoms. The Balaban J connectivity index is 0.000000227. The third-order valence-electron chi connectivity index (χ3n) is 4.39. The van der Waals surface area contributed by atoms with Gasteiger partial charge in [0.2, 0.25) is 0 Å². The molecule has 0 radical (unpaired) electrons. The van der Waals surface area contributed by atoms with Crippen molar-refractivity contribution >= 4 is 0 Å². The molecule has 9 heteroatoms. The summed E-state index contributed by atoms with van der Waals surface area (Å²) in [6.45, 7) is 0. The number of methoxy groups -OCH3 is 4. The van der Waals surface area contributed by atoms with Crippen LogP contribution in [-0.2, 0) is 19.8 Å². The molecule has 4 rings (SSSR count). The maximum absolute atomic E-state index is 5.13. The van der Waals surface area contributed by atoms with E-state index in [9.17, 15) is 0 Å². The minimum absolute atomic E-state index is 0. The molecule has 0 aromatic carbocycles. The molecule has 0 fully saturated rings. The fraction of sp³-hybridized carbons (Fsp3) is 0.167. The van der Waals surface area contributed by atoms with E-state index in [0.717, 1.165) is 45.8 Å². The predicted molar refractivity (Wildman–Crippen MR) is 121 cm³/mol. The second kappa shape index (κ2) is 13.1. The molecule has 4 heterocycles. The van der Waals surface area contributed by atoms with Gasteiger partial charge in [-0.1, -0.05) is 0 Å². The van der Waals surface area contributed by atoms with Gasteiger partial charge in [0.25, 0.3) is 0 Å². The van der Waals surface area contributed by atoms with Gasteiger partial charge in [-0.15, -0.1) is 0 Å². The number of pyridine rings is 4. The maximum atomic E-state index is 5.13. The van der Waals surface area contributed by atoms with Gasteiger partial charge in [0.05, 0.1) is 51.2 Å². The van der Waals surface area contributed by atoms with Crippen molar-refractivity contribution in [2.24, 2.45) is 0 Å². The van der Waals surface area contributed by atoms with Crippen LogP contribution >= 0.6 is 0 Å². The molecule has 4 aromatic heterocycles. The molecule has 0 N–H and O–H groups in total. The molecule has 33 heavy (non-hydrogen) atoms. The molecule has 0 bridgehead atoms. The summed E-state index contributed by atoms with van der Waals surface area (Å²) in [6.07, 6.45) is 6.76. The zero-order valence-corrected chi connectivity index (χ0v) is 21.2. The molecule has 0 aliphatic rings. The van der Waals surface area contributed by atoms with E-state index in [4.69, 9.17) is 18.9 Å². The van der Waals surface area contributed by atoms with Crippen LogP contribution in [0.3, 0.4) is 0 Å². The number of ether oxygens (including phenoxy) is 4. The Morgan fingerprint density at radius 1 is 0.424 bits per heavy atom. The van der Waals surface area contributed by atoms with Gasteiger partial charge in [-0.05, 0) is 24.3 Å². The molecule has 0 aliphatic carbocycles. The summed E-state index contributed by atoms with van der Waals surface area (Å²) in [6, 6.07) is 14.5. The normalized spacial score (nSPS) is 9.58. The fourth-order valence-electron chi connectivity index (χ4n) is 2.71. The minimum atomic E-state index is 0. The van der Waals surface area contributed by atoms with Gasteiger partial charge in [0, 0.05) is 68.8 Å². The molecule has 0 unspecified atom stereocenters. The average Bonchev–Trinajstić information content (AvgIpc) is 2.89. The Morgan fingerprint density at radius 3 is 0.818 bits per heavy atom. The first kappa shape index (κ1) is 25.7. The predicted octanol–water partition coefficient (Wildman–Crippen LogP) is 4.32. The van der Waals surface area contributed by atoms with E-state index in [1.165, 1.54) is 0 Å².